The summed E-state index contributed by atoms with van der Waals surface area (Å²) in [5, 5.41) is 3.32. The molecule has 0 aliphatic heterocycles. The van der Waals surface area contributed by atoms with Gasteiger partial charge in [-0.15, -0.1) is 0 Å². The smallest absolute Gasteiger partial charge is 0.124 e. The number of benzene rings is 1. The minimum Gasteiger partial charge on any atom is -0.496 e. The summed E-state index contributed by atoms with van der Waals surface area (Å²) < 4.78 is 5.47. The molecule has 19 heavy (non-hydrogen) atoms. The molecule has 0 fully saturated rings. The maximum atomic E-state index is 5.47. The topological polar surface area (TPSA) is 34.2 Å². The minimum absolute atomic E-state index is 0.0368. The van der Waals surface area contributed by atoms with Gasteiger partial charge in [-0.25, -0.2) is 0 Å². The van der Waals surface area contributed by atoms with E-state index in [9.17, 15) is 0 Å². The number of pyridine rings is 1. The van der Waals surface area contributed by atoms with Crippen molar-refractivity contribution in [1.82, 2.24) is 10.3 Å². The van der Waals surface area contributed by atoms with Crippen LogP contribution in [0, 0.1) is 13.8 Å². The lowest BCUT2D eigenvalue weighted by atomic mass is 10.00. The van der Waals surface area contributed by atoms with Crippen molar-refractivity contribution >= 4 is 0 Å². The molecule has 100 valence electrons. The molecule has 1 heterocycles. The largest absolute Gasteiger partial charge is 0.496 e. The average molecular weight is 256 g/mol. The Balaban J connectivity index is 2.50. The zero-order valence-electron chi connectivity index (χ0n) is 11.9. The Bertz CT molecular complexity index is 566. The standard InChI is InChI=1S/C16H20N2O/c1-11-8-9-15(19-4)13(10-11)16(17-3)14-7-5-6-12(2)18-14/h5-10,16-17H,1-4H3. The average Bonchev–Trinajstić information content (AvgIpc) is 2.40. The van der Waals surface area contributed by atoms with Crippen molar-refractivity contribution in [3.8, 4) is 5.75 Å². The van der Waals surface area contributed by atoms with Crippen molar-refractivity contribution in [2.24, 2.45) is 0 Å². The quantitative estimate of drug-likeness (QED) is 0.913. The molecule has 0 spiro atoms. The highest BCUT2D eigenvalue weighted by Crippen LogP contribution is 2.29. The molecular weight excluding hydrogens is 236 g/mol. The van der Waals surface area contributed by atoms with Crippen molar-refractivity contribution in [3.05, 3.63) is 58.9 Å². The molecule has 3 nitrogen and oxygen atoms in total. The summed E-state index contributed by atoms with van der Waals surface area (Å²) in [6, 6.07) is 12.3. The molecule has 0 amide bonds. The van der Waals surface area contributed by atoms with Crippen LogP contribution in [0.1, 0.15) is 28.6 Å². The number of ether oxygens (including phenoxy) is 1. The molecule has 3 heteroatoms. The summed E-state index contributed by atoms with van der Waals surface area (Å²) in [7, 11) is 3.64. The van der Waals surface area contributed by atoms with Gasteiger partial charge in [0.1, 0.15) is 5.75 Å². The number of methoxy groups -OCH3 is 1. The molecule has 0 radical (unpaired) electrons. The van der Waals surface area contributed by atoms with E-state index in [0.29, 0.717) is 0 Å². The van der Waals surface area contributed by atoms with Gasteiger partial charge < -0.3 is 10.1 Å². The fourth-order valence-electron chi connectivity index (χ4n) is 2.27. The van der Waals surface area contributed by atoms with Crippen LogP contribution in [0.5, 0.6) is 5.75 Å². The Morgan fingerprint density at radius 3 is 2.58 bits per heavy atom. The zero-order valence-corrected chi connectivity index (χ0v) is 11.9. The van der Waals surface area contributed by atoms with E-state index in [1.54, 1.807) is 7.11 Å². The number of nitrogens with zero attached hydrogens (tertiary/aromatic N) is 1. The third-order valence-electron chi connectivity index (χ3n) is 3.19. The van der Waals surface area contributed by atoms with E-state index >= 15 is 0 Å². The number of aromatic nitrogens is 1. The fourth-order valence-corrected chi connectivity index (χ4v) is 2.27. The monoisotopic (exact) mass is 256 g/mol. The highest BCUT2D eigenvalue weighted by atomic mass is 16.5. The van der Waals surface area contributed by atoms with Crippen LogP contribution in [0.2, 0.25) is 0 Å². The van der Waals surface area contributed by atoms with Gasteiger partial charge in [-0.3, -0.25) is 4.98 Å². The predicted molar refractivity (Wildman–Crippen MR) is 77.6 cm³/mol. The molecule has 2 aromatic rings. The first kappa shape index (κ1) is 13.6. The molecule has 0 aliphatic rings. The van der Waals surface area contributed by atoms with Gasteiger partial charge in [0.15, 0.2) is 0 Å². The number of hydrogen-bond acceptors (Lipinski definition) is 3. The Labute approximate surface area is 114 Å². The second kappa shape index (κ2) is 5.85. The Hall–Kier alpha value is -1.87. The second-order valence-corrected chi connectivity index (χ2v) is 4.67. The number of rotatable bonds is 4. The molecule has 1 aromatic heterocycles. The van der Waals surface area contributed by atoms with Crippen LogP contribution >= 0.6 is 0 Å². The Morgan fingerprint density at radius 1 is 1.16 bits per heavy atom. The van der Waals surface area contributed by atoms with E-state index in [2.05, 4.69) is 29.4 Å². The third-order valence-corrected chi connectivity index (χ3v) is 3.19. The van der Waals surface area contributed by atoms with Gasteiger partial charge in [-0.1, -0.05) is 23.8 Å². The molecule has 0 saturated heterocycles. The first-order chi connectivity index (χ1) is 9.15. The maximum Gasteiger partial charge on any atom is 0.124 e. The van der Waals surface area contributed by atoms with Crippen LogP contribution in [0.4, 0.5) is 0 Å². The minimum atomic E-state index is 0.0368. The first-order valence-electron chi connectivity index (χ1n) is 6.41. The van der Waals surface area contributed by atoms with Gasteiger partial charge in [0.05, 0.1) is 18.8 Å². The third kappa shape index (κ3) is 2.93. The van der Waals surface area contributed by atoms with Gasteiger partial charge >= 0.3 is 0 Å². The summed E-state index contributed by atoms with van der Waals surface area (Å²) in [5.41, 5.74) is 4.35. The molecule has 0 aliphatic carbocycles. The number of nitrogens with one attached hydrogen (secondary N) is 1. The number of aryl methyl sites for hydroxylation is 2. The van der Waals surface area contributed by atoms with E-state index in [-0.39, 0.29) is 6.04 Å². The van der Waals surface area contributed by atoms with Crippen LogP contribution in [-0.4, -0.2) is 19.1 Å². The van der Waals surface area contributed by atoms with Crippen LogP contribution < -0.4 is 10.1 Å². The first-order valence-corrected chi connectivity index (χ1v) is 6.41. The second-order valence-electron chi connectivity index (χ2n) is 4.67. The molecule has 1 aromatic carbocycles. The normalized spacial score (nSPS) is 12.2. The lowest BCUT2D eigenvalue weighted by Gasteiger charge is -2.20. The van der Waals surface area contributed by atoms with E-state index in [1.165, 1.54) is 5.56 Å². The van der Waals surface area contributed by atoms with Crippen molar-refractivity contribution in [2.75, 3.05) is 14.2 Å². The molecule has 1 atom stereocenters. The van der Waals surface area contributed by atoms with Gasteiger partial charge in [-0.05, 0) is 39.1 Å². The summed E-state index contributed by atoms with van der Waals surface area (Å²) >= 11 is 0. The van der Waals surface area contributed by atoms with Crippen LogP contribution in [-0.2, 0) is 0 Å². The highest BCUT2D eigenvalue weighted by molar-refractivity contribution is 5.42. The van der Waals surface area contributed by atoms with Crippen LogP contribution in [0.25, 0.3) is 0 Å². The highest BCUT2D eigenvalue weighted by Gasteiger charge is 2.17. The summed E-state index contributed by atoms with van der Waals surface area (Å²) in [6.45, 7) is 4.09. The van der Waals surface area contributed by atoms with Gasteiger partial charge in [0.25, 0.3) is 0 Å². The fraction of sp³-hybridized carbons (Fsp3) is 0.312. The van der Waals surface area contributed by atoms with E-state index < -0.39 is 0 Å². The predicted octanol–water partition coefficient (Wildman–Crippen LogP) is 3.02. The summed E-state index contributed by atoms with van der Waals surface area (Å²) in [6.07, 6.45) is 0. The lowest BCUT2D eigenvalue weighted by Crippen LogP contribution is -2.20. The van der Waals surface area contributed by atoms with Crippen LogP contribution in [0.3, 0.4) is 0 Å². The molecule has 2 rings (SSSR count). The van der Waals surface area contributed by atoms with E-state index in [4.69, 9.17) is 4.74 Å². The van der Waals surface area contributed by atoms with Crippen molar-refractivity contribution in [2.45, 2.75) is 19.9 Å². The zero-order chi connectivity index (χ0) is 13.8. The summed E-state index contributed by atoms with van der Waals surface area (Å²) in [5.74, 6) is 0.883. The molecule has 0 saturated carbocycles. The Morgan fingerprint density at radius 2 is 1.95 bits per heavy atom. The van der Waals surface area contributed by atoms with Gasteiger partial charge in [-0.2, -0.15) is 0 Å². The van der Waals surface area contributed by atoms with Crippen molar-refractivity contribution in [3.63, 3.8) is 0 Å². The maximum absolute atomic E-state index is 5.47. The van der Waals surface area contributed by atoms with Gasteiger partial charge in [0.2, 0.25) is 0 Å². The Kier molecular flexibility index (Phi) is 4.17. The van der Waals surface area contributed by atoms with Crippen LogP contribution in [0.15, 0.2) is 36.4 Å². The molecular formula is C16H20N2O. The summed E-state index contributed by atoms with van der Waals surface area (Å²) in [4.78, 5) is 4.61. The molecule has 0 bridgehead atoms. The van der Waals surface area contributed by atoms with E-state index in [1.807, 2.05) is 38.2 Å². The van der Waals surface area contributed by atoms with Crippen molar-refractivity contribution < 1.29 is 4.74 Å². The lowest BCUT2D eigenvalue weighted by molar-refractivity contribution is 0.405. The molecule has 1 N–H and O–H groups in total. The van der Waals surface area contributed by atoms with Crippen molar-refractivity contribution in [1.29, 1.82) is 0 Å². The number of hydrogen-bond donors (Lipinski definition) is 1. The van der Waals surface area contributed by atoms with Gasteiger partial charge in [0, 0.05) is 11.3 Å². The molecule has 1 unspecified atom stereocenters. The van der Waals surface area contributed by atoms with E-state index in [0.717, 1.165) is 22.7 Å². The SMILES string of the molecule is CNC(c1cccc(C)n1)c1cc(C)ccc1OC.